The monoisotopic (exact) mass is 770 g/mol. The Morgan fingerprint density at radius 1 is 0.644 bits per heavy atom. The van der Waals surface area contributed by atoms with Crippen LogP contribution in [0.15, 0.2) is 152 Å². The van der Waals surface area contributed by atoms with Gasteiger partial charge in [0.2, 0.25) is 0 Å². The van der Waals surface area contributed by atoms with Crippen LogP contribution in [0.25, 0.3) is 61.2 Å². The van der Waals surface area contributed by atoms with Crippen LogP contribution in [0.4, 0.5) is 0 Å². The van der Waals surface area contributed by atoms with E-state index in [1.54, 1.807) is 0 Å². The van der Waals surface area contributed by atoms with E-state index in [2.05, 4.69) is 208 Å². The van der Waals surface area contributed by atoms with Gasteiger partial charge in [0.25, 0.3) is 6.33 Å². The van der Waals surface area contributed by atoms with Gasteiger partial charge in [-0.3, -0.25) is 13.7 Å². The van der Waals surface area contributed by atoms with Gasteiger partial charge in [0.05, 0.1) is 33.4 Å². The van der Waals surface area contributed by atoms with Gasteiger partial charge in [-0.25, -0.2) is 4.98 Å². The number of aromatic nitrogens is 4. The quantitative estimate of drug-likeness (QED) is 0.125. The molecule has 1 aliphatic rings. The van der Waals surface area contributed by atoms with Crippen LogP contribution in [-0.2, 0) is 16.2 Å². The molecule has 3 aromatic heterocycles. The Morgan fingerprint density at radius 3 is 2.17 bits per heavy atom. The van der Waals surface area contributed by atoms with Crippen LogP contribution in [-0.4, -0.2) is 14.1 Å². The lowest BCUT2D eigenvalue weighted by Crippen LogP contribution is -2.41. The third-order valence-corrected chi connectivity index (χ3v) is 12.6. The highest BCUT2D eigenvalue weighted by molar-refractivity contribution is 6.09. The number of para-hydroxylation sites is 3. The molecule has 0 N–H and O–H groups in total. The molecule has 0 saturated heterocycles. The van der Waals surface area contributed by atoms with Gasteiger partial charge >= 0.3 is 0 Å². The summed E-state index contributed by atoms with van der Waals surface area (Å²) >= 11 is 0. The Morgan fingerprint density at radius 2 is 1.36 bits per heavy atom. The number of pyridine rings is 1. The van der Waals surface area contributed by atoms with E-state index in [9.17, 15) is 0 Å². The van der Waals surface area contributed by atoms with E-state index >= 15 is 0 Å². The topological polar surface area (TPSA) is 35.9 Å². The van der Waals surface area contributed by atoms with Crippen LogP contribution in [0.2, 0.25) is 0 Å². The molecule has 10 rings (SSSR count). The molecule has 0 aliphatic heterocycles. The fourth-order valence-electron chi connectivity index (χ4n) is 9.32. The van der Waals surface area contributed by atoms with Gasteiger partial charge in [0.1, 0.15) is 17.3 Å². The Labute approximate surface area is 347 Å². The molecule has 0 spiro atoms. The second-order valence-corrected chi connectivity index (χ2v) is 18.6. The molecule has 6 aromatic carbocycles. The maximum absolute atomic E-state index is 6.75. The van der Waals surface area contributed by atoms with E-state index < -0.39 is 0 Å². The zero-order valence-corrected chi connectivity index (χ0v) is 35.0. The molecular formula is C54H50N4O. The third-order valence-electron chi connectivity index (χ3n) is 12.6. The summed E-state index contributed by atoms with van der Waals surface area (Å²) in [6.07, 6.45) is 8.07. The first kappa shape index (κ1) is 36.9. The summed E-state index contributed by atoms with van der Waals surface area (Å²) in [4.78, 5) is 4.88. The lowest BCUT2D eigenvalue weighted by Gasteiger charge is -2.43. The van der Waals surface area contributed by atoms with Gasteiger partial charge in [0.15, 0.2) is 0 Å². The summed E-state index contributed by atoms with van der Waals surface area (Å²) in [7, 11) is 0. The Kier molecular flexibility index (Phi) is 8.47. The van der Waals surface area contributed by atoms with E-state index in [1.807, 2.05) is 12.3 Å². The molecule has 0 fully saturated rings. The summed E-state index contributed by atoms with van der Waals surface area (Å²) in [6.45, 7) is 16.3. The van der Waals surface area contributed by atoms with Crippen molar-refractivity contribution in [1.29, 1.82) is 0 Å². The fraction of sp³-hybridized carbons (Fsp3) is 0.222. The molecule has 59 heavy (non-hydrogen) atoms. The lowest BCUT2D eigenvalue weighted by atomic mass is 9.62. The fourth-order valence-corrected chi connectivity index (χ4v) is 9.32. The third kappa shape index (κ3) is 6.23. The summed E-state index contributed by atoms with van der Waals surface area (Å²) in [5.41, 5.74) is 13.0. The second kappa shape index (κ2) is 13.6. The molecular weight excluding hydrogens is 721 g/mol. The normalized spacial score (nSPS) is 14.8. The van der Waals surface area contributed by atoms with Crippen molar-refractivity contribution in [3.8, 4) is 39.8 Å². The summed E-state index contributed by atoms with van der Waals surface area (Å²) in [6, 6.07) is 51.8. The molecule has 5 heteroatoms. The van der Waals surface area contributed by atoms with Crippen molar-refractivity contribution in [3.63, 3.8) is 0 Å². The van der Waals surface area contributed by atoms with Crippen molar-refractivity contribution < 1.29 is 9.30 Å². The van der Waals surface area contributed by atoms with Gasteiger partial charge in [0, 0.05) is 23.0 Å². The van der Waals surface area contributed by atoms with Gasteiger partial charge in [-0.2, -0.15) is 0 Å². The van der Waals surface area contributed by atoms with Crippen LogP contribution >= 0.6 is 0 Å². The predicted octanol–water partition coefficient (Wildman–Crippen LogP) is 13.3. The SMILES string of the molecule is CC(C)(C)c1ccnc(-n2c3ccccc3c3ccc(Oc4cccc(-n5[c-][n+](-c6c(-c7ccccc7)ccc7c6C(C)(C)CCC7(C)C)c6ccccc65)c4)cc32)c1. The number of ether oxygens (including phenoxy) is 1. The molecule has 0 saturated carbocycles. The van der Waals surface area contributed by atoms with E-state index in [4.69, 9.17) is 9.72 Å². The predicted molar refractivity (Wildman–Crippen MR) is 242 cm³/mol. The van der Waals surface area contributed by atoms with Crippen LogP contribution in [0.5, 0.6) is 11.5 Å². The molecule has 5 nitrogen and oxygen atoms in total. The van der Waals surface area contributed by atoms with Gasteiger partial charge < -0.3 is 4.74 Å². The van der Waals surface area contributed by atoms with Gasteiger partial charge in [-0.15, -0.1) is 0 Å². The standard InChI is InChI=1S/C54H50N4O/c1-52(2,3)37-28-31-55-49(32-37)58-45-21-12-11-20-42(45)43-25-24-40(34-48(43)58)59-39-19-15-18-38(33-39)56-35-57(47-23-14-13-22-46(47)56)51-41(36-16-9-8-10-17-36)26-27-44-50(51)54(6,7)30-29-53(44,4)5/h8-28,31-34H,29-30H2,1-7H3. The maximum Gasteiger partial charge on any atom is 0.269 e. The first-order valence-electron chi connectivity index (χ1n) is 20.8. The van der Waals surface area contributed by atoms with Crippen LogP contribution in [0.1, 0.15) is 78.0 Å². The Bertz CT molecular complexity index is 3070. The first-order chi connectivity index (χ1) is 28.4. The molecule has 0 radical (unpaired) electrons. The van der Waals surface area contributed by atoms with Crippen molar-refractivity contribution in [2.24, 2.45) is 0 Å². The zero-order valence-electron chi connectivity index (χ0n) is 35.0. The molecule has 0 unspecified atom stereocenters. The second-order valence-electron chi connectivity index (χ2n) is 18.6. The highest BCUT2D eigenvalue weighted by atomic mass is 16.5. The average molecular weight is 771 g/mol. The first-order valence-corrected chi connectivity index (χ1v) is 20.8. The van der Waals surface area contributed by atoms with Crippen LogP contribution < -0.4 is 9.30 Å². The largest absolute Gasteiger partial charge is 0.458 e. The molecule has 3 heterocycles. The number of hydrogen-bond donors (Lipinski definition) is 0. The number of benzene rings is 6. The number of nitrogens with zero attached hydrogens (tertiary/aromatic N) is 4. The summed E-state index contributed by atoms with van der Waals surface area (Å²) in [5.74, 6) is 2.41. The van der Waals surface area contributed by atoms with Crippen molar-refractivity contribution >= 4 is 32.8 Å². The van der Waals surface area contributed by atoms with Crippen molar-refractivity contribution in [2.45, 2.75) is 77.6 Å². The summed E-state index contributed by atoms with van der Waals surface area (Å²) < 4.78 is 13.5. The summed E-state index contributed by atoms with van der Waals surface area (Å²) in [5, 5.41) is 2.34. The Balaban J connectivity index is 1.10. The number of rotatable bonds is 6. The van der Waals surface area contributed by atoms with E-state index in [0.29, 0.717) is 0 Å². The lowest BCUT2D eigenvalue weighted by molar-refractivity contribution is -0.572. The van der Waals surface area contributed by atoms with Gasteiger partial charge in [-0.1, -0.05) is 139 Å². The minimum Gasteiger partial charge on any atom is -0.458 e. The minimum atomic E-state index is -0.0267. The molecule has 0 bridgehead atoms. The highest BCUT2D eigenvalue weighted by Gasteiger charge is 2.40. The molecule has 0 atom stereocenters. The maximum atomic E-state index is 6.75. The van der Waals surface area contributed by atoms with Crippen molar-refractivity contribution in [1.82, 2.24) is 14.1 Å². The van der Waals surface area contributed by atoms with Gasteiger partial charge in [-0.05, 0) is 105 Å². The number of fused-ring (bicyclic) bond motifs is 5. The van der Waals surface area contributed by atoms with E-state index in [0.717, 1.165) is 63.3 Å². The van der Waals surface area contributed by atoms with E-state index in [1.165, 1.54) is 38.9 Å². The zero-order chi connectivity index (χ0) is 40.7. The molecule has 1 aliphatic carbocycles. The molecule has 9 aromatic rings. The Hall–Kier alpha value is -6.46. The van der Waals surface area contributed by atoms with E-state index in [-0.39, 0.29) is 16.2 Å². The minimum absolute atomic E-state index is 0.00430. The van der Waals surface area contributed by atoms with Crippen LogP contribution in [0.3, 0.4) is 0 Å². The molecule has 292 valence electrons. The van der Waals surface area contributed by atoms with Crippen molar-refractivity contribution in [2.75, 3.05) is 0 Å². The smallest absolute Gasteiger partial charge is 0.269 e. The van der Waals surface area contributed by atoms with Crippen LogP contribution in [0, 0.1) is 6.33 Å². The number of imidazole rings is 1. The average Bonchev–Trinajstić information content (AvgIpc) is 3.78. The highest BCUT2D eigenvalue weighted by Crippen LogP contribution is 2.49. The van der Waals surface area contributed by atoms with Crippen molar-refractivity contribution in [3.05, 3.63) is 175 Å². The number of hydrogen-bond acceptors (Lipinski definition) is 2. The molecule has 0 amide bonds.